The lowest BCUT2D eigenvalue weighted by atomic mass is 10.0. The summed E-state index contributed by atoms with van der Waals surface area (Å²) in [5.74, 6) is -1.09. The fourth-order valence-corrected chi connectivity index (χ4v) is 9.54. The number of amides is 3. The van der Waals surface area contributed by atoms with E-state index in [-0.39, 0.29) is 42.8 Å². The molecule has 1 aromatic heterocycles. The van der Waals surface area contributed by atoms with Gasteiger partial charge in [-0.3, -0.25) is 19.5 Å². The quantitative estimate of drug-likeness (QED) is 0.0697. The Bertz CT molecular complexity index is 2160. The first-order chi connectivity index (χ1) is 28.4. The molecule has 0 spiro atoms. The van der Waals surface area contributed by atoms with E-state index in [9.17, 15) is 27.9 Å². The number of rotatable bonds is 16. The number of nitrogens with zero attached hydrogens (tertiary/aromatic N) is 4. The highest BCUT2D eigenvalue weighted by molar-refractivity contribution is 7.90. The number of likely N-dealkylation sites (tertiary alicyclic amines) is 1. The van der Waals surface area contributed by atoms with Crippen molar-refractivity contribution in [1.82, 2.24) is 24.8 Å². The van der Waals surface area contributed by atoms with Gasteiger partial charge in [0.15, 0.2) is 0 Å². The predicted molar refractivity (Wildman–Crippen MR) is 226 cm³/mol. The molecule has 1 aliphatic carbocycles. The first-order valence-electron chi connectivity index (χ1n) is 20.0. The fourth-order valence-electron chi connectivity index (χ4n) is 7.39. The summed E-state index contributed by atoms with van der Waals surface area (Å²) in [5.41, 5.74) is 9.52. The Kier molecular flexibility index (Phi) is 14.7. The molecule has 4 atom stereocenters. The van der Waals surface area contributed by atoms with Gasteiger partial charge < -0.3 is 25.8 Å². The Balaban J connectivity index is 1.16. The second-order valence-corrected chi connectivity index (χ2v) is 17.9. The van der Waals surface area contributed by atoms with Gasteiger partial charge in [0, 0.05) is 31.4 Å². The molecule has 1 aliphatic heterocycles. The molecule has 59 heavy (non-hydrogen) atoms. The van der Waals surface area contributed by atoms with Crippen molar-refractivity contribution in [3.05, 3.63) is 117 Å². The number of carbonyl (C=O) groups is 3. The van der Waals surface area contributed by atoms with Crippen LogP contribution in [0.3, 0.4) is 0 Å². The molecule has 1 saturated heterocycles. The van der Waals surface area contributed by atoms with Gasteiger partial charge in [-0.1, -0.05) is 78.4 Å². The lowest BCUT2D eigenvalue weighted by molar-refractivity contribution is -0.142. The molecule has 0 saturated carbocycles. The zero-order valence-corrected chi connectivity index (χ0v) is 35.1. The molecule has 0 bridgehead atoms. The van der Waals surface area contributed by atoms with Crippen molar-refractivity contribution in [2.45, 2.75) is 100 Å². The van der Waals surface area contributed by atoms with Crippen LogP contribution < -0.4 is 15.8 Å². The van der Waals surface area contributed by atoms with Crippen molar-refractivity contribution >= 4 is 45.2 Å². The van der Waals surface area contributed by atoms with E-state index in [1.807, 2.05) is 67.6 Å². The number of aliphatic hydroxyl groups excluding tert-OH is 1. The van der Waals surface area contributed by atoms with Gasteiger partial charge in [0.1, 0.15) is 29.8 Å². The number of thiazole rings is 1. The molecule has 16 heteroatoms. The number of nitrogens with two attached hydrogens (primary N) is 1. The van der Waals surface area contributed by atoms with Crippen LogP contribution >= 0.6 is 11.3 Å². The number of hydrogen-bond acceptors (Lipinski definition) is 10. The van der Waals surface area contributed by atoms with Crippen LogP contribution in [0.1, 0.15) is 76.9 Å². The van der Waals surface area contributed by atoms with Gasteiger partial charge in [-0.05, 0) is 81.5 Å². The third-order valence-corrected chi connectivity index (χ3v) is 13.3. The Labute approximate surface area is 349 Å². The number of hydrogen-bond donors (Lipinski definition) is 4. The maximum absolute atomic E-state index is 14.5. The molecule has 314 valence electrons. The van der Waals surface area contributed by atoms with E-state index in [0.29, 0.717) is 30.8 Å². The van der Waals surface area contributed by atoms with Gasteiger partial charge in [0.2, 0.25) is 17.8 Å². The van der Waals surface area contributed by atoms with Gasteiger partial charge in [0.25, 0.3) is 10.0 Å². The number of benzene rings is 3. The van der Waals surface area contributed by atoms with Crippen LogP contribution in [0.25, 0.3) is 0 Å². The van der Waals surface area contributed by atoms with Crippen LogP contribution in [0.5, 0.6) is 0 Å². The molecule has 2 aliphatic rings. The summed E-state index contributed by atoms with van der Waals surface area (Å²) >= 11 is 1.45. The fraction of sp³-hybridized carbons (Fsp3) is 0.419. The second-order valence-electron chi connectivity index (χ2n) is 15.1. The van der Waals surface area contributed by atoms with Crippen LogP contribution in [-0.2, 0) is 50.2 Å². The van der Waals surface area contributed by atoms with Crippen molar-refractivity contribution in [3.63, 3.8) is 0 Å². The summed E-state index contributed by atoms with van der Waals surface area (Å²) in [6.07, 6.45) is 3.76. The summed E-state index contributed by atoms with van der Waals surface area (Å²) in [4.78, 5) is 55.1. The lowest BCUT2D eigenvalue weighted by Crippen LogP contribution is -2.56. The smallest absolute Gasteiger partial charge is 0.410 e. The topological polar surface area (TPSA) is 197 Å². The van der Waals surface area contributed by atoms with Gasteiger partial charge in [-0.15, -0.1) is 11.3 Å². The van der Waals surface area contributed by atoms with Gasteiger partial charge >= 0.3 is 6.09 Å². The highest BCUT2D eigenvalue weighted by Gasteiger charge is 2.41. The summed E-state index contributed by atoms with van der Waals surface area (Å²) in [5, 5.41) is 15.3. The number of aromatic nitrogens is 1. The average molecular weight is 844 g/mol. The van der Waals surface area contributed by atoms with Crippen LogP contribution in [0.2, 0.25) is 0 Å². The summed E-state index contributed by atoms with van der Waals surface area (Å²) < 4.78 is 33.5. The number of likely N-dealkylation sites (N-methyl/N-ethyl adjacent to an activating group) is 1. The zero-order chi connectivity index (χ0) is 41.9. The molecule has 14 nitrogen and oxygen atoms in total. The number of aryl methyl sites for hydroxylation is 3. The molecule has 0 radical (unpaired) electrons. The molecule has 2 heterocycles. The van der Waals surface area contributed by atoms with E-state index in [0.717, 1.165) is 52.9 Å². The zero-order valence-electron chi connectivity index (χ0n) is 33.5. The molecular weight excluding hydrogens is 791 g/mol. The third-order valence-electron chi connectivity index (χ3n) is 10.7. The third kappa shape index (κ3) is 11.5. The summed E-state index contributed by atoms with van der Waals surface area (Å²) in [6, 6.07) is 22.4. The van der Waals surface area contributed by atoms with E-state index < -0.39 is 46.3 Å². The highest BCUT2D eigenvalue weighted by atomic mass is 32.2. The Morgan fingerprint density at radius 1 is 1.00 bits per heavy atom. The van der Waals surface area contributed by atoms with Crippen LogP contribution in [0, 0.1) is 6.92 Å². The monoisotopic (exact) mass is 843 g/mol. The minimum Gasteiger partial charge on any atom is -0.445 e. The van der Waals surface area contributed by atoms with Crippen LogP contribution in [-0.4, -0.2) is 90.4 Å². The minimum atomic E-state index is -3.94. The van der Waals surface area contributed by atoms with Crippen molar-refractivity contribution in [2.24, 2.45) is 10.7 Å². The number of fused-ring (bicyclic) bond motifs is 1. The standard InChI is InChI=1S/C43H53N7O7S2/c1-29-21-23-32(24-22-29)59(55,56)48-42(44)45-25-11-18-34(38(51)40-47-33-17-9-10-20-37(33)58-40)46-39(52)35-19-12-26-50(35)41(53)36(27-30-13-5-3-6-14-30)49(2)43(54)57-28-31-15-7-4-8-16-31/h3-8,13-16,21-24,34-36,38,51H,9-12,17-20,25-28H2,1-2H3,(H,46,52)(H3,44,45,48)/t34-,35-,36+,38?/m0/s1. The van der Waals surface area contributed by atoms with Gasteiger partial charge in [-0.2, -0.15) is 0 Å². The normalized spacial score (nSPS) is 17.0. The van der Waals surface area contributed by atoms with E-state index in [1.54, 1.807) is 12.1 Å². The van der Waals surface area contributed by atoms with E-state index in [1.165, 1.54) is 40.3 Å². The molecule has 1 unspecified atom stereocenters. The molecule has 3 aromatic carbocycles. The summed E-state index contributed by atoms with van der Waals surface area (Å²) in [7, 11) is -2.40. The number of sulfonamides is 1. The molecule has 5 N–H and O–H groups in total. The number of nitrogens with one attached hydrogen (secondary N) is 2. The number of carbonyl (C=O) groups excluding carboxylic acids is 3. The van der Waals surface area contributed by atoms with Crippen molar-refractivity contribution < 1.29 is 32.6 Å². The van der Waals surface area contributed by atoms with Gasteiger partial charge in [0.05, 0.1) is 16.6 Å². The number of guanidine groups is 1. The molecule has 1 fully saturated rings. The average Bonchev–Trinajstić information content (AvgIpc) is 3.92. The van der Waals surface area contributed by atoms with E-state index in [4.69, 9.17) is 15.5 Å². The molecular formula is C43H53N7O7S2. The molecule has 6 rings (SSSR count). The number of aliphatic hydroxyl groups is 1. The first-order valence-corrected chi connectivity index (χ1v) is 22.3. The SMILES string of the molecule is Cc1ccc(S(=O)(=O)NC(N)=NCCC[C@H](NC(=O)[C@@H]2CCCN2C(=O)[C@@H](Cc2ccccc2)N(C)C(=O)OCc2ccccc2)C(O)c2nc3c(s2)CCCC3)cc1. The van der Waals surface area contributed by atoms with Gasteiger partial charge in [-0.25, -0.2) is 22.9 Å². The Morgan fingerprint density at radius 2 is 1.68 bits per heavy atom. The maximum Gasteiger partial charge on any atom is 0.410 e. The van der Waals surface area contributed by atoms with Crippen molar-refractivity contribution in [2.75, 3.05) is 20.1 Å². The second kappa shape index (κ2) is 20.1. The van der Waals surface area contributed by atoms with E-state index >= 15 is 0 Å². The Morgan fingerprint density at radius 3 is 2.37 bits per heavy atom. The molecule has 3 amide bonds. The minimum absolute atomic E-state index is 0.0394. The largest absolute Gasteiger partial charge is 0.445 e. The summed E-state index contributed by atoms with van der Waals surface area (Å²) in [6.45, 7) is 2.32. The van der Waals surface area contributed by atoms with Crippen molar-refractivity contribution in [3.8, 4) is 0 Å². The van der Waals surface area contributed by atoms with Crippen molar-refractivity contribution in [1.29, 1.82) is 0 Å². The number of ether oxygens (including phenoxy) is 1. The highest BCUT2D eigenvalue weighted by Crippen LogP contribution is 2.32. The first kappa shape index (κ1) is 43.3. The predicted octanol–water partition coefficient (Wildman–Crippen LogP) is 4.79. The number of aliphatic imine (C=N–C) groups is 1. The van der Waals surface area contributed by atoms with E-state index in [2.05, 4.69) is 15.0 Å². The lowest BCUT2D eigenvalue weighted by Gasteiger charge is -2.33. The maximum atomic E-state index is 14.5. The molecule has 4 aromatic rings. The van der Waals surface area contributed by atoms with Crippen LogP contribution in [0.15, 0.2) is 94.8 Å². The van der Waals surface area contributed by atoms with Crippen LogP contribution in [0.4, 0.5) is 4.79 Å². The Hall–Kier alpha value is -5.32.